The molecule has 5 aromatic rings. The number of nitrogens with zero attached hydrogens (tertiary/aromatic N) is 1. The van der Waals surface area contributed by atoms with Crippen LogP contribution in [-0.4, -0.2) is 61.5 Å². The van der Waals surface area contributed by atoms with Gasteiger partial charge in [-0.15, -0.1) is 52.7 Å². The van der Waals surface area contributed by atoms with E-state index in [0.29, 0.717) is 48.0 Å². The number of aromatic carboxylic acids is 1. The Morgan fingerprint density at radius 2 is 0.912 bits per heavy atom. The lowest BCUT2D eigenvalue weighted by Gasteiger charge is -2.18. The van der Waals surface area contributed by atoms with Crippen molar-refractivity contribution in [1.29, 1.82) is 0 Å². The second-order valence-electron chi connectivity index (χ2n) is 12.1. The molecular formula is C38H21BrF16N2O11. The van der Waals surface area contributed by atoms with Gasteiger partial charge in [0.15, 0.2) is 46.1 Å². The number of carboxylic acid groups (broad SMARTS) is 1. The molecule has 0 aliphatic rings. The van der Waals surface area contributed by atoms with Gasteiger partial charge >= 0.3 is 31.4 Å². The zero-order valence-electron chi connectivity index (χ0n) is 38.2. The number of amides is 1. The van der Waals surface area contributed by atoms with Crippen molar-refractivity contribution in [2.24, 2.45) is 0 Å². The van der Waals surface area contributed by atoms with Crippen LogP contribution in [0.15, 0.2) is 65.4 Å². The number of benzene rings is 4. The lowest BCUT2D eigenvalue weighted by Crippen LogP contribution is -2.21. The van der Waals surface area contributed by atoms with Crippen LogP contribution in [0.4, 0.5) is 75.9 Å². The van der Waals surface area contributed by atoms with Crippen LogP contribution < -0.4 is 43.2 Å². The second-order valence-corrected chi connectivity index (χ2v) is 12.9. The van der Waals surface area contributed by atoms with E-state index in [9.17, 15) is 75.4 Å². The van der Waals surface area contributed by atoms with Crippen molar-refractivity contribution in [2.75, 3.05) is 19.4 Å². The normalized spacial score (nSPS) is 13.4. The number of aromatic nitrogens is 1. The smallest absolute Gasteiger partial charge is 0.490 e. The molecule has 0 aliphatic carbocycles. The quantitative estimate of drug-likeness (QED) is 0.0852. The molecule has 13 nitrogen and oxygen atoms in total. The molecule has 2 N–H and O–H groups in total. The third-order valence-electron chi connectivity index (χ3n) is 7.49. The summed E-state index contributed by atoms with van der Waals surface area (Å²) in [5.74, 6) is -25.0. The van der Waals surface area contributed by atoms with Crippen LogP contribution in [0.5, 0.6) is 57.5 Å². The van der Waals surface area contributed by atoms with Gasteiger partial charge in [-0.25, -0.2) is 18.6 Å². The van der Waals surface area contributed by atoms with Gasteiger partial charge in [-0.1, -0.05) is 0 Å². The molecule has 4 aromatic carbocycles. The van der Waals surface area contributed by atoms with Crippen molar-refractivity contribution in [2.45, 2.75) is 32.4 Å². The second kappa shape index (κ2) is 20.7. The molecule has 68 heavy (non-hydrogen) atoms. The fourth-order valence-electron chi connectivity index (χ4n) is 4.92. The monoisotopic (exact) mass is 1070 g/mol. The molecule has 1 heterocycles. The van der Waals surface area contributed by atoms with E-state index in [1.807, 2.05) is 0 Å². The number of methoxy groups -OCH3 is 2. The predicted molar refractivity (Wildman–Crippen MR) is 197 cm³/mol. The average molecular weight is 1070 g/mol. The van der Waals surface area contributed by atoms with Gasteiger partial charge in [-0.05, 0) is 83.0 Å². The van der Waals surface area contributed by atoms with Gasteiger partial charge in [0.2, 0.25) is 23.1 Å². The Bertz CT molecular complexity index is 2910. The minimum absolute atomic E-state index is 0.00971. The van der Waals surface area contributed by atoms with Crippen molar-refractivity contribution in [1.82, 2.24) is 4.98 Å². The Morgan fingerprint density at radius 3 is 1.28 bits per heavy atom. The summed E-state index contributed by atoms with van der Waals surface area (Å²) in [5, 5.41) is 11.3. The summed E-state index contributed by atoms with van der Waals surface area (Å²) in [4.78, 5) is 28.3. The topological polar surface area (TPSA) is 153 Å². The molecule has 0 unspecified atom stereocenters. The Hall–Kier alpha value is -7.27. The van der Waals surface area contributed by atoms with E-state index >= 15 is 4.39 Å². The van der Waals surface area contributed by atoms with Gasteiger partial charge in [0.05, 0.1) is 22.3 Å². The van der Waals surface area contributed by atoms with Crippen LogP contribution >= 0.6 is 15.9 Å². The molecule has 0 saturated carbocycles. The fourth-order valence-corrected chi connectivity index (χ4v) is 5.25. The fraction of sp³-hybridized carbons (Fsp3) is 0.184. The average Bonchev–Trinajstić information content (AvgIpc) is 3.20. The van der Waals surface area contributed by atoms with Gasteiger partial charge in [0, 0.05) is 11.9 Å². The number of nitrogens with one attached hydrogen (secondary N) is 1. The first-order valence-corrected chi connectivity index (χ1v) is 17.6. The van der Waals surface area contributed by atoms with Gasteiger partial charge in [-0.2, -0.15) is 8.78 Å². The van der Waals surface area contributed by atoms with Crippen LogP contribution in [-0.2, 0) is 0 Å². The molecule has 0 spiro atoms. The summed E-state index contributed by atoms with van der Waals surface area (Å²) in [5.41, 5.74) is -2.49. The van der Waals surface area contributed by atoms with Gasteiger partial charge in [-0.3, -0.25) is 4.79 Å². The third kappa shape index (κ3) is 14.1. The van der Waals surface area contributed by atoms with E-state index in [0.717, 1.165) is 0 Å². The summed E-state index contributed by atoms with van der Waals surface area (Å²) < 4.78 is 285. The van der Waals surface area contributed by atoms with Gasteiger partial charge in [0.1, 0.15) is 27.2 Å². The predicted octanol–water partition coefficient (Wildman–Crippen LogP) is 12.5. The number of hydrogen-bond donors (Lipinski definition) is 2. The van der Waals surface area contributed by atoms with E-state index in [2.05, 4.69) is 54.7 Å². The number of carbonyl (C=O) groups excluding carboxylic acids is 1. The van der Waals surface area contributed by atoms with E-state index < -0.39 is 143 Å². The maximum Gasteiger partial charge on any atom is 0.573 e. The number of rotatable bonds is 13. The summed E-state index contributed by atoms with van der Waals surface area (Å²) >= 11 is 3.04. The Labute approximate surface area is 384 Å². The van der Waals surface area contributed by atoms with Crippen molar-refractivity contribution >= 4 is 33.5 Å². The maximum absolute atomic E-state index is 15.3. The minimum Gasteiger partial charge on any atom is -0.490 e. The number of halogens is 17. The number of alkyl halides is 12. The summed E-state index contributed by atoms with van der Waals surface area (Å²) in [6, 6.07) is 4.55. The third-order valence-corrected chi connectivity index (χ3v) is 7.93. The summed E-state index contributed by atoms with van der Waals surface area (Å²) in [6.45, 7) is 1.47. The lowest BCUT2D eigenvalue weighted by atomic mass is 10.1. The number of ether oxygens (including phenoxy) is 8. The highest BCUT2D eigenvalue weighted by atomic mass is 79.9. The zero-order chi connectivity index (χ0) is 56.3. The first-order chi connectivity index (χ1) is 33.6. The molecular weight excluding hydrogens is 1040 g/mol. The van der Waals surface area contributed by atoms with Crippen LogP contribution in [0.1, 0.15) is 34.5 Å². The van der Waals surface area contributed by atoms with Crippen molar-refractivity contribution < 1.29 is 131 Å². The molecule has 0 saturated heterocycles. The molecule has 0 fully saturated rings. The highest BCUT2D eigenvalue weighted by molar-refractivity contribution is 9.10. The number of carboxylic acids is 1. The van der Waals surface area contributed by atoms with Crippen LogP contribution in [0.3, 0.4) is 0 Å². The molecule has 0 radical (unpaired) electrons. The highest BCUT2D eigenvalue weighted by Gasteiger charge is 2.38. The molecule has 30 heteroatoms. The minimum atomic E-state index is -5.41. The Kier molecular flexibility index (Phi) is 13.6. The number of aryl methyl sites for hydroxylation is 1. The van der Waals surface area contributed by atoms with Crippen LogP contribution in [0.2, 0.25) is 0 Å². The molecule has 1 aromatic heterocycles. The number of pyridine rings is 1. The van der Waals surface area contributed by atoms with Crippen molar-refractivity contribution in [3.05, 3.63) is 105 Å². The van der Waals surface area contributed by atoms with E-state index in [1.165, 1.54) is 19.2 Å². The molecule has 0 aliphatic heterocycles. The summed E-state index contributed by atoms with van der Waals surface area (Å²) in [7, 11) is -6.95. The van der Waals surface area contributed by atoms with Crippen molar-refractivity contribution in [3.63, 3.8) is 0 Å². The Balaban J connectivity index is 0.000000328. The SMILES string of the molecule is [2H]C([2H])([2H])Oc1c(Oc2ccc(OC(F)(F)F)c(F)c2C(=O)Nc2cc(Br)ncc2C)ccc(OC(F)(F)F)c1F.[2H]C([2H])([2H])Oc1c(Oc2ccc(OC(F)(F)F)c(F)c2C(=O)O)ccc(OC(F)(F)F)c1F. The van der Waals surface area contributed by atoms with Crippen LogP contribution in [0, 0.1) is 30.2 Å². The van der Waals surface area contributed by atoms with E-state index in [-0.39, 0.29) is 16.4 Å². The van der Waals surface area contributed by atoms with E-state index in [1.54, 1.807) is 0 Å². The first kappa shape index (κ1) is 44.6. The van der Waals surface area contributed by atoms with Gasteiger partial charge in [0.25, 0.3) is 5.91 Å². The zero-order valence-corrected chi connectivity index (χ0v) is 33.8. The molecule has 0 bridgehead atoms. The highest BCUT2D eigenvalue weighted by Crippen LogP contribution is 2.44. The first-order valence-electron chi connectivity index (χ1n) is 19.9. The summed E-state index contributed by atoms with van der Waals surface area (Å²) in [6.07, 6.45) is -20.3. The number of anilines is 1. The molecule has 0 atom stereocenters. The van der Waals surface area contributed by atoms with Gasteiger partial charge < -0.3 is 48.3 Å². The largest absolute Gasteiger partial charge is 0.573 e. The Morgan fingerprint density at radius 1 is 0.574 bits per heavy atom. The standard InChI is InChI=1S/C22H13BrF8N2O5.C16H8F8O6/c1-9-8-32-15(23)7-10(9)33-20(34)16-11(3-4-12(17(16)24)37-21(26,27)28)36-14-6-5-13(38-22(29,30)31)18(25)19(14)35-2;1-27-13-9(5-4-8(12(13)18)30-16(22,23)24)28-6-2-3-7(29-15(19,20)21)11(17)10(6)14(25)26/h3-8H,1-2H3,(H,32,33,34);2-5H,1H3,(H,25,26)/i2D3;1D3. The number of carbonyl (C=O) groups is 2. The lowest BCUT2D eigenvalue weighted by molar-refractivity contribution is -0.276. The maximum atomic E-state index is 15.3. The van der Waals surface area contributed by atoms with Crippen molar-refractivity contribution in [3.8, 4) is 57.5 Å². The molecule has 1 amide bonds. The van der Waals surface area contributed by atoms with E-state index in [4.69, 9.17) is 22.8 Å². The molecule has 368 valence electrons. The number of hydrogen-bond acceptors (Lipinski definition) is 11. The van der Waals surface area contributed by atoms with Crippen LogP contribution in [0.25, 0.3) is 0 Å². The molecule has 5 rings (SSSR count).